The van der Waals surface area contributed by atoms with E-state index in [1.807, 2.05) is 61.5 Å². The molecular weight excluding hydrogens is 368 g/mol. The van der Waals surface area contributed by atoms with Crippen molar-refractivity contribution in [2.75, 3.05) is 5.75 Å². The molecule has 0 bridgehead atoms. The Morgan fingerprint density at radius 2 is 1.89 bits per heavy atom. The average Bonchev–Trinajstić information content (AvgIpc) is 2.73. The molecule has 1 atom stereocenters. The number of carbonyl (C=O) groups is 1. The van der Waals surface area contributed by atoms with E-state index in [1.165, 1.54) is 5.56 Å². The van der Waals surface area contributed by atoms with Crippen LogP contribution in [0.4, 0.5) is 0 Å². The van der Waals surface area contributed by atoms with Crippen LogP contribution in [-0.4, -0.2) is 16.6 Å². The maximum absolute atomic E-state index is 12.3. The summed E-state index contributed by atoms with van der Waals surface area (Å²) in [7, 11) is 0. The van der Waals surface area contributed by atoms with Crippen molar-refractivity contribution in [3.05, 3.63) is 89.7 Å². The van der Waals surface area contributed by atoms with E-state index in [0.717, 1.165) is 21.8 Å². The molecule has 1 amide bonds. The van der Waals surface area contributed by atoms with Crippen LogP contribution >= 0.6 is 11.8 Å². The fourth-order valence-electron chi connectivity index (χ4n) is 2.73. The monoisotopic (exact) mass is 392 g/mol. The van der Waals surface area contributed by atoms with Crippen LogP contribution < -0.4 is 10.1 Å². The van der Waals surface area contributed by atoms with E-state index in [-0.39, 0.29) is 11.9 Å². The van der Waals surface area contributed by atoms with Crippen LogP contribution in [0, 0.1) is 6.92 Å². The summed E-state index contributed by atoms with van der Waals surface area (Å²) in [6.45, 7) is 4.53. The number of carbonyl (C=O) groups excluding carboxylic acids is 1. The SMILES string of the molecule is Cc1ccccc1SCC(=O)NC(C)c1ccc(OCc2cccnc2)cc1. The number of benzene rings is 2. The Labute approximate surface area is 170 Å². The minimum absolute atomic E-state index is 0.0256. The van der Waals surface area contributed by atoms with Crippen LogP contribution in [0.3, 0.4) is 0 Å². The van der Waals surface area contributed by atoms with Crippen molar-refractivity contribution in [1.82, 2.24) is 10.3 Å². The molecule has 0 aliphatic rings. The second-order valence-electron chi connectivity index (χ2n) is 6.56. The van der Waals surface area contributed by atoms with E-state index in [9.17, 15) is 4.79 Å². The molecule has 0 fully saturated rings. The van der Waals surface area contributed by atoms with Crippen molar-refractivity contribution in [3.63, 3.8) is 0 Å². The van der Waals surface area contributed by atoms with E-state index in [4.69, 9.17) is 4.74 Å². The van der Waals surface area contributed by atoms with Crippen LogP contribution in [0.15, 0.2) is 78.0 Å². The molecule has 144 valence electrons. The quantitative estimate of drug-likeness (QED) is 0.552. The van der Waals surface area contributed by atoms with Gasteiger partial charge in [-0.3, -0.25) is 9.78 Å². The average molecular weight is 393 g/mol. The smallest absolute Gasteiger partial charge is 0.230 e. The van der Waals surface area contributed by atoms with Gasteiger partial charge in [0.15, 0.2) is 0 Å². The van der Waals surface area contributed by atoms with Crippen molar-refractivity contribution in [1.29, 1.82) is 0 Å². The van der Waals surface area contributed by atoms with Crippen molar-refractivity contribution in [2.24, 2.45) is 0 Å². The normalized spacial score (nSPS) is 11.6. The molecule has 0 saturated carbocycles. The Morgan fingerprint density at radius 1 is 1.11 bits per heavy atom. The fraction of sp³-hybridized carbons (Fsp3) is 0.217. The zero-order valence-corrected chi connectivity index (χ0v) is 16.9. The number of amides is 1. The summed E-state index contributed by atoms with van der Waals surface area (Å²) in [5, 5.41) is 3.05. The third-order valence-electron chi connectivity index (χ3n) is 4.34. The van der Waals surface area contributed by atoms with Gasteiger partial charge in [0.05, 0.1) is 11.8 Å². The van der Waals surface area contributed by atoms with E-state index in [0.29, 0.717) is 12.4 Å². The maximum atomic E-state index is 12.3. The summed E-state index contributed by atoms with van der Waals surface area (Å²) < 4.78 is 5.78. The summed E-state index contributed by atoms with van der Waals surface area (Å²) in [5.41, 5.74) is 3.26. The van der Waals surface area contributed by atoms with Crippen LogP contribution in [0.1, 0.15) is 29.7 Å². The highest BCUT2D eigenvalue weighted by molar-refractivity contribution is 8.00. The van der Waals surface area contributed by atoms with Gasteiger partial charge in [-0.05, 0) is 49.2 Å². The number of hydrogen-bond acceptors (Lipinski definition) is 4. The summed E-state index contributed by atoms with van der Waals surface area (Å²) in [6.07, 6.45) is 3.54. The molecule has 0 aliphatic heterocycles. The summed E-state index contributed by atoms with van der Waals surface area (Å²) >= 11 is 1.56. The molecule has 3 aromatic rings. The van der Waals surface area contributed by atoms with Crippen molar-refractivity contribution in [3.8, 4) is 5.75 Å². The van der Waals surface area contributed by atoms with Gasteiger partial charge < -0.3 is 10.1 Å². The Balaban J connectivity index is 1.48. The van der Waals surface area contributed by atoms with Crippen LogP contribution in [0.25, 0.3) is 0 Å². The van der Waals surface area contributed by atoms with Gasteiger partial charge in [-0.1, -0.05) is 36.4 Å². The Hall–Kier alpha value is -2.79. The predicted molar refractivity (Wildman–Crippen MR) is 113 cm³/mol. The number of aromatic nitrogens is 1. The fourth-order valence-corrected chi connectivity index (χ4v) is 3.57. The molecule has 0 aliphatic carbocycles. The van der Waals surface area contributed by atoms with E-state index >= 15 is 0 Å². The number of thioether (sulfide) groups is 1. The third kappa shape index (κ3) is 5.86. The zero-order chi connectivity index (χ0) is 19.8. The third-order valence-corrected chi connectivity index (χ3v) is 5.51. The molecule has 0 spiro atoms. The Bertz CT molecular complexity index is 898. The maximum Gasteiger partial charge on any atom is 0.230 e. The molecule has 3 rings (SSSR count). The highest BCUT2D eigenvalue weighted by atomic mass is 32.2. The number of nitrogens with zero attached hydrogens (tertiary/aromatic N) is 1. The molecular formula is C23H24N2O2S. The summed E-state index contributed by atoms with van der Waals surface area (Å²) in [6, 6.07) is 19.7. The molecule has 1 N–H and O–H groups in total. The van der Waals surface area contributed by atoms with Crippen LogP contribution in [0.2, 0.25) is 0 Å². The van der Waals surface area contributed by atoms with Gasteiger partial charge in [0.1, 0.15) is 12.4 Å². The van der Waals surface area contributed by atoms with Crippen molar-refractivity contribution in [2.45, 2.75) is 31.4 Å². The molecule has 1 aromatic heterocycles. The lowest BCUT2D eigenvalue weighted by atomic mass is 10.1. The van der Waals surface area contributed by atoms with E-state index in [1.54, 1.807) is 24.2 Å². The number of pyridine rings is 1. The zero-order valence-electron chi connectivity index (χ0n) is 16.1. The van der Waals surface area contributed by atoms with Crippen molar-refractivity contribution < 1.29 is 9.53 Å². The second-order valence-corrected chi connectivity index (χ2v) is 7.58. The molecule has 0 saturated heterocycles. The lowest BCUT2D eigenvalue weighted by molar-refractivity contribution is -0.119. The number of nitrogens with one attached hydrogen (secondary N) is 1. The predicted octanol–water partition coefficient (Wildman–Crippen LogP) is 4.94. The first-order chi connectivity index (χ1) is 13.6. The first kappa shape index (κ1) is 20.0. The van der Waals surface area contributed by atoms with E-state index in [2.05, 4.69) is 23.3 Å². The number of hydrogen-bond donors (Lipinski definition) is 1. The summed E-state index contributed by atoms with van der Waals surface area (Å²) in [4.78, 5) is 17.5. The Kier molecular flexibility index (Phi) is 7.09. The van der Waals surface area contributed by atoms with Gasteiger partial charge in [0, 0.05) is 22.9 Å². The molecule has 28 heavy (non-hydrogen) atoms. The van der Waals surface area contributed by atoms with Crippen LogP contribution in [0.5, 0.6) is 5.75 Å². The van der Waals surface area contributed by atoms with Gasteiger partial charge in [0.25, 0.3) is 0 Å². The largest absolute Gasteiger partial charge is 0.489 e. The van der Waals surface area contributed by atoms with Gasteiger partial charge >= 0.3 is 0 Å². The minimum Gasteiger partial charge on any atom is -0.489 e. The number of aryl methyl sites for hydroxylation is 1. The molecule has 0 radical (unpaired) electrons. The highest BCUT2D eigenvalue weighted by Crippen LogP contribution is 2.22. The standard InChI is InChI=1S/C23H24N2O2S/c1-17-6-3-4-8-22(17)28-16-23(26)25-18(2)20-9-11-21(12-10-20)27-15-19-7-5-13-24-14-19/h3-14,18H,15-16H2,1-2H3,(H,25,26). The lowest BCUT2D eigenvalue weighted by Gasteiger charge is -2.15. The second kappa shape index (κ2) is 9.95. The van der Waals surface area contributed by atoms with E-state index < -0.39 is 0 Å². The number of ether oxygens (including phenoxy) is 1. The van der Waals surface area contributed by atoms with Crippen molar-refractivity contribution >= 4 is 17.7 Å². The first-order valence-corrected chi connectivity index (χ1v) is 10.2. The molecule has 5 heteroatoms. The highest BCUT2D eigenvalue weighted by Gasteiger charge is 2.11. The van der Waals surface area contributed by atoms with Crippen LogP contribution in [-0.2, 0) is 11.4 Å². The summed E-state index contributed by atoms with van der Waals surface area (Å²) in [5.74, 6) is 1.22. The molecule has 2 aromatic carbocycles. The van der Waals surface area contributed by atoms with Gasteiger partial charge in [0.2, 0.25) is 5.91 Å². The lowest BCUT2D eigenvalue weighted by Crippen LogP contribution is -2.28. The number of rotatable bonds is 8. The Morgan fingerprint density at radius 3 is 2.61 bits per heavy atom. The van der Waals surface area contributed by atoms with Gasteiger partial charge in [-0.2, -0.15) is 0 Å². The molecule has 1 heterocycles. The van der Waals surface area contributed by atoms with Gasteiger partial charge in [-0.15, -0.1) is 11.8 Å². The first-order valence-electron chi connectivity index (χ1n) is 9.21. The topological polar surface area (TPSA) is 51.2 Å². The minimum atomic E-state index is -0.0580. The molecule has 1 unspecified atom stereocenters. The molecule has 4 nitrogen and oxygen atoms in total. The van der Waals surface area contributed by atoms with Gasteiger partial charge in [-0.25, -0.2) is 0 Å².